The molecular formula is C45H64N6O11S2. The number of nitrogens with two attached hydrogens (primary N) is 3. The zero-order valence-electron chi connectivity index (χ0n) is 37.2. The number of amides is 2. The first kappa shape index (κ1) is 49.1. The van der Waals surface area contributed by atoms with Crippen LogP contribution in [-0.4, -0.2) is 68.4 Å². The zero-order valence-corrected chi connectivity index (χ0v) is 38.9. The summed E-state index contributed by atoms with van der Waals surface area (Å²) in [4.78, 5) is 60.7. The van der Waals surface area contributed by atoms with Gasteiger partial charge in [-0.2, -0.15) is 9.44 Å². The van der Waals surface area contributed by atoms with E-state index in [9.17, 15) is 46.1 Å². The fraction of sp³-hybridized carbons (Fsp3) is 0.644. The van der Waals surface area contributed by atoms with Crippen LogP contribution in [0.25, 0.3) is 0 Å². The summed E-state index contributed by atoms with van der Waals surface area (Å²) in [6.45, 7) is 6.19. The number of nitro groups is 1. The summed E-state index contributed by atoms with van der Waals surface area (Å²) in [7, 11) is -7.23. The van der Waals surface area contributed by atoms with E-state index in [0.29, 0.717) is 42.9 Å². The lowest BCUT2D eigenvalue weighted by molar-refractivity contribution is -0.387. The number of sulfonamides is 2. The third-order valence-electron chi connectivity index (χ3n) is 15.6. The highest BCUT2D eigenvalue weighted by molar-refractivity contribution is 7.90. The standard InChI is InChI=1S/C22H29N3O6S.C22H31N3O4S.CH4O/c1-21(2,24-32(30,31)18-6-4-3-5-17(18)25(28)29)19(26)9-16-14-7-13-8-15(16)12-22(10-13,11-14)20(23)27;1-21(2,25-30(28,29)18-6-4-3-5-17(18)23)19(26)9-16-14-7-13-8-15(16)12-22(10-13,11-14)20(24)27;1-2/h3-6,13-16,24H,7-12H2,1-2H3,(H2,23,27);3-6,13-16,25H,7-12,23H2,1-2H3,(H2,24,27);2H,1H3. The van der Waals surface area contributed by atoms with Gasteiger partial charge in [-0.25, -0.2) is 16.8 Å². The fourth-order valence-electron chi connectivity index (χ4n) is 12.9. The minimum atomic E-state index is -4.29. The van der Waals surface area contributed by atoms with Crippen LogP contribution in [0.15, 0.2) is 58.3 Å². The second-order valence-electron chi connectivity index (χ2n) is 20.5. The minimum Gasteiger partial charge on any atom is -0.400 e. The molecule has 2 aromatic carbocycles. The molecule has 4 unspecified atom stereocenters. The lowest BCUT2D eigenvalue weighted by atomic mass is 9.45. The van der Waals surface area contributed by atoms with Crippen LogP contribution in [0.5, 0.6) is 0 Å². The average molecular weight is 929 g/mol. The first-order valence-electron chi connectivity index (χ1n) is 22.1. The lowest BCUT2D eigenvalue weighted by Gasteiger charge is -2.59. The van der Waals surface area contributed by atoms with Crippen molar-refractivity contribution in [3.63, 3.8) is 0 Å². The van der Waals surface area contributed by atoms with Gasteiger partial charge in [0.2, 0.25) is 31.9 Å². The number of aliphatic hydroxyl groups excluding tert-OH is 1. The highest BCUT2D eigenvalue weighted by Crippen LogP contribution is 2.64. The van der Waals surface area contributed by atoms with Gasteiger partial charge >= 0.3 is 0 Å². The van der Waals surface area contributed by atoms with Crippen molar-refractivity contribution >= 4 is 54.8 Å². The fourth-order valence-corrected chi connectivity index (χ4v) is 16.0. The van der Waals surface area contributed by atoms with Gasteiger partial charge < -0.3 is 22.3 Å². The Morgan fingerprint density at radius 2 is 1.00 bits per heavy atom. The van der Waals surface area contributed by atoms with Crippen LogP contribution in [0.4, 0.5) is 11.4 Å². The maximum atomic E-state index is 13.2. The molecule has 8 bridgehead atoms. The van der Waals surface area contributed by atoms with Crippen LogP contribution >= 0.6 is 0 Å². The van der Waals surface area contributed by atoms with Crippen molar-refractivity contribution in [1.82, 2.24) is 9.44 Å². The number of hydrogen-bond donors (Lipinski definition) is 6. The van der Waals surface area contributed by atoms with E-state index < -0.39 is 57.5 Å². The van der Waals surface area contributed by atoms with Gasteiger partial charge in [-0.3, -0.25) is 29.3 Å². The molecule has 0 aromatic heterocycles. The highest BCUT2D eigenvalue weighted by atomic mass is 32.2. The van der Waals surface area contributed by atoms with Gasteiger partial charge in [-0.1, -0.05) is 24.3 Å². The van der Waals surface area contributed by atoms with Crippen LogP contribution in [-0.2, 0) is 39.2 Å². The summed E-state index contributed by atoms with van der Waals surface area (Å²) in [5.74, 6) is 1.55. The monoisotopic (exact) mass is 928 g/mol. The quantitative estimate of drug-likeness (QED) is 0.0825. The summed E-state index contributed by atoms with van der Waals surface area (Å²) >= 11 is 0. The molecule has 352 valence electrons. The van der Waals surface area contributed by atoms with Gasteiger partial charge in [0.05, 0.1) is 21.7 Å². The smallest absolute Gasteiger partial charge is 0.289 e. The molecule has 10 rings (SSSR count). The van der Waals surface area contributed by atoms with Crippen LogP contribution in [0.2, 0.25) is 0 Å². The number of anilines is 1. The van der Waals surface area contributed by atoms with E-state index in [1.165, 1.54) is 38.1 Å². The SMILES string of the molecule is CC(C)(NS(=O)(=O)c1ccccc1N)C(=O)CC1C2CC3CC1CC(C(N)=O)(C3)C2.CC(C)(NS(=O)(=O)c1ccccc1[N+](=O)[O-])C(=O)CC1C2CC3CC1CC(C(N)=O)(C3)C2.CO. The molecule has 0 heterocycles. The van der Waals surface area contributed by atoms with E-state index in [2.05, 4.69) is 9.44 Å². The van der Waals surface area contributed by atoms with Crippen LogP contribution in [0, 0.1) is 68.3 Å². The summed E-state index contributed by atoms with van der Waals surface area (Å²) < 4.78 is 56.4. The molecule has 17 nitrogen and oxygen atoms in total. The second kappa shape index (κ2) is 17.8. The Bertz CT molecular complexity index is 2370. The van der Waals surface area contributed by atoms with Gasteiger partial charge in [0.15, 0.2) is 16.5 Å². The first-order valence-corrected chi connectivity index (χ1v) is 25.0. The largest absolute Gasteiger partial charge is 0.400 e. The summed E-state index contributed by atoms with van der Waals surface area (Å²) in [5, 5.41) is 18.3. The summed E-state index contributed by atoms with van der Waals surface area (Å²) in [5.41, 5.74) is 13.4. The lowest BCUT2D eigenvalue weighted by Crippen LogP contribution is -2.57. The number of para-hydroxylation sites is 2. The molecule has 0 aliphatic heterocycles. The van der Waals surface area contributed by atoms with Crippen molar-refractivity contribution in [3.8, 4) is 0 Å². The Morgan fingerprint density at radius 1 is 0.656 bits per heavy atom. The van der Waals surface area contributed by atoms with Gasteiger partial charge in [0.25, 0.3) is 5.69 Å². The zero-order chi connectivity index (χ0) is 47.4. The number of carbonyl (C=O) groups excluding carboxylic acids is 4. The van der Waals surface area contributed by atoms with E-state index in [1.807, 2.05) is 0 Å². The number of nitro benzene ring substituents is 1. The molecule has 8 fully saturated rings. The highest BCUT2D eigenvalue weighted by Gasteiger charge is 2.60. The first-order chi connectivity index (χ1) is 29.8. The molecule has 2 amide bonds. The topological polar surface area (TPSA) is 302 Å². The molecule has 9 N–H and O–H groups in total. The Kier molecular flexibility index (Phi) is 13.7. The van der Waals surface area contributed by atoms with Gasteiger partial charge in [-0.05, 0) is 157 Å². The molecule has 4 atom stereocenters. The number of nitrogens with one attached hydrogen (secondary N) is 2. The Morgan fingerprint density at radius 3 is 1.36 bits per heavy atom. The van der Waals surface area contributed by atoms with Crippen LogP contribution in [0.3, 0.4) is 0 Å². The number of hydrogen-bond acceptors (Lipinski definition) is 12. The molecule has 0 saturated heterocycles. The van der Waals surface area contributed by atoms with Crippen molar-refractivity contribution in [1.29, 1.82) is 0 Å². The maximum Gasteiger partial charge on any atom is 0.289 e. The third-order valence-corrected chi connectivity index (χ3v) is 19.0. The van der Waals surface area contributed by atoms with E-state index in [-0.39, 0.29) is 64.1 Å². The molecule has 0 spiro atoms. The molecule has 0 radical (unpaired) electrons. The summed E-state index contributed by atoms with van der Waals surface area (Å²) in [6, 6.07) is 11.3. The predicted molar refractivity (Wildman–Crippen MR) is 237 cm³/mol. The maximum absolute atomic E-state index is 13.2. The normalized spacial score (nSPS) is 31.2. The molecule has 8 aliphatic rings. The molecular weight excluding hydrogens is 865 g/mol. The van der Waals surface area contributed by atoms with Gasteiger partial charge in [0.1, 0.15) is 4.90 Å². The number of primary amides is 2. The van der Waals surface area contributed by atoms with E-state index in [1.54, 1.807) is 26.0 Å². The minimum absolute atomic E-state index is 0.0242. The van der Waals surface area contributed by atoms with Crippen molar-refractivity contribution in [2.24, 2.45) is 69.6 Å². The number of benzene rings is 2. The van der Waals surface area contributed by atoms with E-state index in [4.69, 9.17) is 22.3 Å². The van der Waals surface area contributed by atoms with E-state index in [0.717, 1.165) is 70.6 Å². The van der Waals surface area contributed by atoms with Gasteiger partial charge in [-0.15, -0.1) is 0 Å². The summed E-state index contributed by atoms with van der Waals surface area (Å²) in [6.07, 6.45) is 9.23. The Hall–Kier alpha value is -4.30. The molecule has 2 aromatic rings. The number of nitrogens with zero attached hydrogens (tertiary/aromatic N) is 1. The number of rotatable bonds is 15. The second-order valence-corrected chi connectivity index (χ2v) is 23.8. The van der Waals surface area contributed by atoms with Crippen LogP contribution < -0.4 is 26.6 Å². The average Bonchev–Trinajstić information content (AvgIpc) is 3.20. The van der Waals surface area contributed by atoms with Crippen molar-refractivity contribution in [3.05, 3.63) is 58.6 Å². The number of aliphatic hydroxyl groups is 1. The molecule has 8 saturated carbocycles. The Balaban J connectivity index is 0.000000205. The molecule has 19 heteroatoms. The number of ketones is 2. The molecule has 8 aliphatic carbocycles. The van der Waals surface area contributed by atoms with Crippen molar-refractivity contribution in [2.45, 2.75) is 126 Å². The number of Topliss-reactive ketones (excluding diaryl/α,β-unsaturated/α-hetero) is 2. The van der Waals surface area contributed by atoms with Crippen LogP contribution in [0.1, 0.15) is 105 Å². The molecule has 64 heavy (non-hydrogen) atoms. The van der Waals surface area contributed by atoms with Gasteiger partial charge in [0, 0.05) is 36.8 Å². The van der Waals surface area contributed by atoms with Crippen molar-refractivity contribution < 1.29 is 46.0 Å². The van der Waals surface area contributed by atoms with Crippen molar-refractivity contribution in [2.75, 3.05) is 12.8 Å². The number of carbonyl (C=O) groups is 4. The third kappa shape index (κ3) is 9.50. The number of nitrogen functional groups attached to an aromatic ring is 1. The van der Waals surface area contributed by atoms with E-state index >= 15 is 0 Å². The predicted octanol–water partition coefficient (Wildman–Crippen LogP) is 4.36. The Labute approximate surface area is 375 Å².